The standard InChI is InChI=1S/C10H19N/c1-7(2)8-5-9-3-4-10(6-8)11-9/h7-11H,3-6H2,1-2H3/t8?,9-,10?/m0/s1. The summed E-state index contributed by atoms with van der Waals surface area (Å²) in [5.74, 6) is 1.91. The van der Waals surface area contributed by atoms with Crippen molar-refractivity contribution in [1.82, 2.24) is 5.32 Å². The van der Waals surface area contributed by atoms with Crippen molar-refractivity contribution in [3.05, 3.63) is 0 Å². The van der Waals surface area contributed by atoms with Crippen LogP contribution in [0.1, 0.15) is 39.5 Å². The van der Waals surface area contributed by atoms with Gasteiger partial charge in [-0.25, -0.2) is 0 Å². The molecule has 2 aliphatic heterocycles. The van der Waals surface area contributed by atoms with Crippen LogP contribution in [0.25, 0.3) is 0 Å². The van der Waals surface area contributed by atoms with Gasteiger partial charge in [-0.3, -0.25) is 0 Å². The minimum Gasteiger partial charge on any atom is -0.311 e. The summed E-state index contributed by atoms with van der Waals surface area (Å²) >= 11 is 0. The maximum Gasteiger partial charge on any atom is 0.00729 e. The van der Waals surface area contributed by atoms with Crippen LogP contribution in [0.2, 0.25) is 0 Å². The summed E-state index contributed by atoms with van der Waals surface area (Å²) in [7, 11) is 0. The summed E-state index contributed by atoms with van der Waals surface area (Å²) in [6.45, 7) is 4.74. The third-order valence-corrected chi connectivity index (χ3v) is 3.45. The van der Waals surface area contributed by atoms with E-state index in [9.17, 15) is 0 Å². The number of hydrogen-bond acceptors (Lipinski definition) is 1. The third kappa shape index (κ3) is 1.44. The van der Waals surface area contributed by atoms with Gasteiger partial charge in [0.25, 0.3) is 0 Å². The maximum atomic E-state index is 3.68. The van der Waals surface area contributed by atoms with Crippen molar-refractivity contribution in [3.8, 4) is 0 Å². The Hall–Kier alpha value is -0.0400. The van der Waals surface area contributed by atoms with Gasteiger partial charge in [-0.05, 0) is 37.5 Å². The molecule has 0 spiro atoms. The predicted molar refractivity (Wildman–Crippen MR) is 47.5 cm³/mol. The van der Waals surface area contributed by atoms with Gasteiger partial charge in [0.2, 0.25) is 0 Å². The lowest BCUT2D eigenvalue weighted by molar-refractivity contribution is 0.240. The van der Waals surface area contributed by atoms with Crippen LogP contribution < -0.4 is 5.32 Å². The summed E-state index contributed by atoms with van der Waals surface area (Å²) in [6.07, 6.45) is 5.75. The Morgan fingerprint density at radius 3 is 2.09 bits per heavy atom. The van der Waals surface area contributed by atoms with E-state index in [0.717, 1.165) is 23.9 Å². The normalized spacial score (nSPS) is 43.4. The molecule has 2 saturated heterocycles. The van der Waals surface area contributed by atoms with E-state index in [2.05, 4.69) is 19.2 Å². The molecule has 0 radical (unpaired) electrons. The minimum absolute atomic E-state index is 0.876. The highest BCUT2D eigenvalue weighted by Crippen LogP contribution is 2.34. The van der Waals surface area contributed by atoms with Gasteiger partial charge in [0, 0.05) is 12.1 Å². The Labute approximate surface area is 69.6 Å². The lowest BCUT2D eigenvalue weighted by Crippen LogP contribution is -2.39. The quantitative estimate of drug-likeness (QED) is 0.609. The second kappa shape index (κ2) is 2.78. The lowest BCUT2D eigenvalue weighted by Gasteiger charge is -2.31. The first-order valence-electron chi connectivity index (χ1n) is 5.01. The highest BCUT2D eigenvalue weighted by atomic mass is 15.0. The molecular weight excluding hydrogens is 134 g/mol. The summed E-state index contributed by atoms with van der Waals surface area (Å²) in [5.41, 5.74) is 0. The first kappa shape index (κ1) is 7.60. The van der Waals surface area contributed by atoms with Crippen LogP contribution >= 0.6 is 0 Å². The number of nitrogens with one attached hydrogen (secondary N) is 1. The summed E-state index contributed by atoms with van der Waals surface area (Å²) < 4.78 is 0. The number of rotatable bonds is 1. The minimum atomic E-state index is 0.876. The van der Waals surface area contributed by atoms with Crippen LogP contribution in [-0.4, -0.2) is 12.1 Å². The molecule has 1 heteroatoms. The van der Waals surface area contributed by atoms with Crippen LogP contribution in [-0.2, 0) is 0 Å². The topological polar surface area (TPSA) is 12.0 Å². The second-order valence-corrected chi connectivity index (χ2v) is 4.61. The summed E-state index contributed by atoms with van der Waals surface area (Å²) in [6, 6.07) is 1.75. The van der Waals surface area contributed by atoms with Crippen molar-refractivity contribution < 1.29 is 0 Å². The van der Waals surface area contributed by atoms with E-state index in [0.29, 0.717) is 0 Å². The van der Waals surface area contributed by atoms with Crippen LogP contribution in [0.5, 0.6) is 0 Å². The molecule has 2 unspecified atom stereocenters. The lowest BCUT2D eigenvalue weighted by atomic mass is 9.84. The molecule has 0 saturated carbocycles. The van der Waals surface area contributed by atoms with Crippen molar-refractivity contribution in [2.45, 2.75) is 51.6 Å². The molecule has 3 atom stereocenters. The Balaban J connectivity index is 1.97. The molecule has 0 aliphatic carbocycles. The number of fused-ring (bicyclic) bond motifs is 2. The van der Waals surface area contributed by atoms with Gasteiger partial charge in [0.1, 0.15) is 0 Å². The summed E-state index contributed by atoms with van der Waals surface area (Å²) in [5, 5.41) is 3.68. The van der Waals surface area contributed by atoms with Crippen molar-refractivity contribution in [3.63, 3.8) is 0 Å². The van der Waals surface area contributed by atoms with Crippen molar-refractivity contribution in [2.75, 3.05) is 0 Å². The van der Waals surface area contributed by atoms with Gasteiger partial charge in [0.15, 0.2) is 0 Å². The zero-order valence-corrected chi connectivity index (χ0v) is 7.64. The molecule has 2 heterocycles. The van der Waals surface area contributed by atoms with Gasteiger partial charge < -0.3 is 5.32 Å². The van der Waals surface area contributed by atoms with Gasteiger partial charge in [-0.1, -0.05) is 13.8 Å². The smallest absolute Gasteiger partial charge is 0.00729 e. The molecule has 2 bridgehead atoms. The maximum absolute atomic E-state index is 3.68. The van der Waals surface area contributed by atoms with Gasteiger partial charge in [-0.15, -0.1) is 0 Å². The molecular formula is C10H19N. The van der Waals surface area contributed by atoms with E-state index in [4.69, 9.17) is 0 Å². The monoisotopic (exact) mass is 153 g/mol. The fourth-order valence-electron chi connectivity index (χ4n) is 2.65. The molecule has 1 N–H and O–H groups in total. The second-order valence-electron chi connectivity index (χ2n) is 4.61. The van der Waals surface area contributed by atoms with Crippen LogP contribution in [0, 0.1) is 11.8 Å². The Kier molecular flexibility index (Phi) is 1.92. The SMILES string of the molecule is CC(C)C1CC2CC[C@@H](C1)N2. The Morgan fingerprint density at radius 2 is 1.64 bits per heavy atom. The predicted octanol–water partition coefficient (Wildman–Crippen LogP) is 2.17. The molecule has 0 aromatic heterocycles. The highest BCUT2D eigenvalue weighted by Gasteiger charge is 2.34. The fraction of sp³-hybridized carbons (Fsp3) is 1.00. The van der Waals surface area contributed by atoms with E-state index in [1.807, 2.05) is 0 Å². The molecule has 64 valence electrons. The van der Waals surface area contributed by atoms with E-state index in [1.54, 1.807) is 0 Å². The fourth-order valence-corrected chi connectivity index (χ4v) is 2.65. The van der Waals surface area contributed by atoms with Gasteiger partial charge in [0.05, 0.1) is 0 Å². The first-order valence-corrected chi connectivity index (χ1v) is 5.01. The molecule has 11 heavy (non-hydrogen) atoms. The Morgan fingerprint density at radius 1 is 1.09 bits per heavy atom. The van der Waals surface area contributed by atoms with Crippen molar-refractivity contribution in [1.29, 1.82) is 0 Å². The Bertz CT molecular complexity index is 130. The summed E-state index contributed by atoms with van der Waals surface area (Å²) in [4.78, 5) is 0. The largest absolute Gasteiger partial charge is 0.311 e. The molecule has 0 aromatic rings. The average molecular weight is 153 g/mol. The van der Waals surface area contributed by atoms with Crippen LogP contribution in [0.3, 0.4) is 0 Å². The van der Waals surface area contributed by atoms with Gasteiger partial charge in [-0.2, -0.15) is 0 Å². The van der Waals surface area contributed by atoms with Crippen LogP contribution in [0.15, 0.2) is 0 Å². The van der Waals surface area contributed by atoms with Crippen molar-refractivity contribution >= 4 is 0 Å². The van der Waals surface area contributed by atoms with E-state index in [-0.39, 0.29) is 0 Å². The first-order chi connectivity index (χ1) is 5.25. The van der Waals surface area contributed by atoms with Crippen molar-refractivity contribution in [2.24, 2.45) is 11.8 Å². The van der Waals surface area contributed by atoms with Crippen LogP contribution in [0.4, 0.5) is 0 Å². The van der Waals surface area contributed by atoms with E-state index >= 15 is 0 Å². The van der Waals surface area contributed by atoms with E-state index < -0.39 is 0 Å². The molecule has 1 nitrogen and oxygen atoms in total. The zero-order valence-electron chi connectivity index (χ0n) is 7.64. The zero-order chi connectivity index (χ0) is 7.84. The molecule has 2 aliphatic rings. The average Bonchev–Trinajstić information content (AvgIpc) is 2.30. The molecule has 2 fully saturated rings. The van der Waals surface area contributed by atoms with E-state index in [1.165, 1.54) is 25.7 Å². The molecule has 0 amide bonds. The number of piperidine rings is 1. The van der Waals surface area contributed by atoms with Gasteiger partial charge >= 0.3 is 0 Å². The highest BCUT2D eigenvalue weighted by molar-refractivity contribution is 4.92. The molecule has 2 rings (SSSR count). The number of hydrogen-bond donors (Lipinski definition) is 1. The molecule has 0 aromatic carbocycles. The third-order valence-electron chi connectivity index (χ3n) is 3.45.